The van der Waals surface area contributed by atoms with Gasteiger partial charge < -0.3 is 10.1 Å². The van der Waals surface area contributed by atoms with Crippen LogP contribution in [0.3, 0.4) is 0 Å². The average molecular weight is 358 g/mol. The van der Waals surface area contributed by atoms with Gasteiger partial charge in [-0.3, -0.25) is 4.98 Å². The number of benzene rings is 1. The maximum Gasteiger partial charge on any atom is 0.138 e. The van der Waals surface area contributed by atoms with E-state index >= 15 is 0 Å². The number of aromatic nitrogens is 1. The Bertz CT molecular complexity index is 660. The molecule has 0 aliphatic carbocycles. The van der Waals surface area contributed by atoms with E-state index < -0.39 is 0 Å². The van der Waals surface area contributed by atoms with Crippen molar-refractivity contribution >= 4 is 34.8 Å². The highest BCUT2D eigenvalue weighted by atomic mass is 35.5. The molecular formula is C16H15Cl3N2O. The first-order valence-corrected chi connectivity index (χ1v) is 8.20. The molecule has 1 saturated heterocycles. The van der Waals surface area contributed by atoms with E-state index in [0.717, 1.165) is 25.1 Å². The molecule has 2 aromatic rings. The van der Waals surface area contributed by atoms with Crippen LogP contribution in [0.5, 0.6) is 5.75 Å². The smallest absolute Gasteiger partial charge is 0.138 e. The molecule has 1 aromatic heterocycles. The van der Waals surface area contributed by atoms with E-state index in [4.69, 9.17) is 39.5 Å². The number of halogens is 3. The fraction of sp³-hybridized carbons (Fsp3) is 0.312. The van der Waals surface area contributed by atoms with Crippen LogP contribution in [-0.4, -0.2) is 18.1 Å². The molecule has 1 fully saturated rings. The highest BCUT2D eigenvalue weighted by Gasteiger charge is 2.29. The summed E-state index contributed by atoms with van der Waals surface area (Å²) in [5.41, 5.74) is 0.951. The van der Waals surface area contributed by atoms with Gasteiger partial charge in [0.05, 0.1) is 10.0 Å². The molecule has 0 amide bonds. The lowest BCUT2D eigenvalue weighted by Gasteiger charge is -2.25. The summed E-state index contributed by atoms with van der Waals surface area (Å²) in [7, 11) is 0. The first-order chi connectivity index (χ1) is 10.6. The molecule has 2 heterocycles. The van der Waals surface area contributed by atoms with Crippen molar-refractivity contribution in [1.82, 2.24) is 10.3 Å². The van der Waals surface area contributed by atoms with E-state index in [1.807, 2.05) is 6.07 Å². The van der Waals surface area contributed by atoms with Crippen LogP contribution in [-0.2, 0) is 0 Å². The quantitative estimate of drug-likeness (QED) is 0.855. The molecule has 6 heteroatoms. The Morgan fingerprint density at radius 1 is 1.14 bits per heavy atom. The molecule has 2 atom stereocenters. The molecule has 1 N–H and O–H groups in total. The van der Waals surface area contributed by atoms with Gasteiger partial charge in [0, 0.05) is 35.4 Å². The summed E-state index contributed by atoms with van der Waals surface area (Å²) < 4.78 is 6.20. The molecule has 0 spiro atoms. The van der Waals surface area contributed by atoms with Crippen LogP contribution in [0.25, 0.3) is 0 Å². The van der Waals surface area contributed by atoms with Crippen LogP contribution >= 0.6 is 34.8 Å². The Kier molecular flexibility index (Phi) is 5.09. The maximum atomic E-state index is 6.23. The molecule has 0 bridgehead atoms. The Morgan fingerprint density at radius 2 is 2.00 bits per heavy atom. The molecular weight excluding hydrogens is 343 g/mol. The van der Waals surface area contributed by atoms with E-state index in [1.165, 1.54) is 0 Å². The van der Waals surface area contributed by atoms with E-state index in [1.54, 1.807) is 30.6 Å². The van der Waals surface area contributed by atoms with Crippen molar-refractivity contribution in [2.24, 2.45) is 5.92 Å². The second kappa shape index (κ2) is 7.05. The minimum absolute atomic E-state index is 0.153. The molecule has 1 aliphatic heterocycles. The number of pyridine rings is 1. The first-order valence-electron chi connectivity index (χ1n) is 7.06. The summed E-state index contributed by atoms with van der Waals surface area (Å²) >= 11 is 18.2. The summed E-state index contributed by atoms with van der Waals surface area (Å²) in [6.07, 6.45) is 4.28. The van der Waals surface area contributed by atoms with E-state index in [0.29, 0.717) is 26.7 Å². The normalized spacial score (nSPS) is 19.1. The molecule has 22 heavy (non-hydrogen) atoms. The van der Waals surface area contributed by atoms with Gasteiger partial charge in [-0.05, 0) is 37.2 Å². The molecule has 3 nitrogen and oxygen atoms in total. The average Bonchev–Trinajstić information content (AvgIpc) is 3.00. The third-order valence-electron chi connectivity index (χ3n) is 3.73. The van der Waals surface area contributed by atoms with Gasteiger partial charge in [0.2, 0.25) is 0 Å². The van der Waals surface area contributed by atoms with Gasteiger partial charge in [0.15, 0.2) is 0 Å². The number of nitrogens with zero attached hydrogens (tertiary/aromatic N) is 1. The van der Waals surface area contributed by atoms with Crippen molar-refractivity contribution < 1.29 is 4.74 Å². The lowest BCUT2D eigenvalue weighted by molar-refractivity contribution is 0.144. The van der Waals surface area contributed by atoms with Crippen molar-refractivity contribution in [2.45, 2.75) is 12.5 Å². The van der Waals surface area contributed by atoms with Gasteiger partial charge in [-0.15, -0.1) is 0 Å². The lowest BCUT2D eigenvalue weighted by Crippen LogP contribution is -2.21. The number of nitrogens with one attached hydrogen (secondary N) is 1. The largest absolute Gasteiger partial charge is 0.484 e. The summed E-state index contributed by atoms with van der Waals surface area (Å²) in [6, 6.07) is 7.13. The maximum absolute atomic E-state index is 6.23. The number of hydrogen-bond donors (Lipinski definition) is 1. The molecule has 3 rings (SSSR count). The van der Waals surface area contributed by atoms with Crippen molar-refractivity contribution in [1.29, 1.82) is 0 Å². The van der Waals surface area contributed by atoms with Crippen molar-refractivity contribution in [2.75, 3.05) is 13.1 Å². The van der Waals surface area contributed by atoms with Crippen LogP contribution in [0.15, 0.2) is 36.7 Å². The molecule has 0 radical (unpaired) electrons. The van der Waals surface area contributed by atoms with Crippen LogP contribution in [0.1, 0.15) is 18.1 Å². The Hall–Kier alpha value is -1.000. The SMILES string of the molecule is Clc1cncc(C(Oc2ccc(Cl)cc2Cl)[C@H]2CCNC2)c1. The second-order valence-electron chi connectivity index (χ2n) is 5.30. The third kappa shape index (κ3) is 3.66. The first kappa shape index (κ1) is 15.9. The Balaban J connectivity index is 1.91. The second-order valence-corrected chi connectivity index (χ2v) is 6.58. The number of hydrogen-bond acceptors (Lipinski definition) is 3. The Morgan fingerprint density at radius 3 is 2.68 bits per heavy atom. The minimum Gasteiger partial charge on any atom is -0.484 e. The lowest BCUT2D eigenvalue weighted by atomic mass is 9.96. The van der Waals surface area contributed by atoms with Crippen LogP contribution in [0.4, 0.5) is 0 Å². The minimum atomic E-state index is -0.153. The van der Waals surface area contributed by atoms with Crippen LogP contribution in [0, 0.1) is 5.92 Å². The van der Waals surface area contributed by atoms with Crippen LogP contribution in [0.2, 0.25) is 15.1 Å². The predicted octanol–water partition coefficient (Wildman–Crippen LogP) is 4.77. The predicted molar refractivity (Wildman–Crippen MR) is 90.1 cm³/mol. The zero-order chi connectivity index (χ0) is 15.5. The van der Waals surface area contributed by atoms with E-state index in [9.17, 15) is 0 Å². The van der Waals surface area contributed by atoms with Gasteiger partial charge in [-0.1, -0.05) is 34.8 Å². The zero-order valence-electron chi connectivity index (χ0n) is 11.7. The zero-order valence-corrected chi connectivity index (χ0v) is 14.0. The van der Waals surface area contributed by atoms with Gasteiger partial charge >= 0.3 is 0 Å². The third-order valence-corrected chi connectivity index (χ3v) is 4.47. The van der Waals surface area contributed by atoms with Gasteiger partial charge in [-0.25, -0.2) is 0 Å². The van der Waals surface area contributed by atoms with Crippen molar-refractivity contribution in [3.8, 4) is 5.75 Å². The van der Waals surface area contributed by atoms with Crippen molar-refractivity contribution in [3.05, 3.63) is 57.3 Å². The highest BCUT2D eigenvalue weighted by molar-refractivity contribution is 6.35. The summed E-state index contributed by atoms with van der Waals surface area (Å²) in [4.78, 5) is 4.17. The van der Waals surface area contributed by atoms with Crippen molar-refractivity contribution in [3.63, 3.8) is 0 Å². The summed E-state index contributed by atoms with van der Waals surface area (Å²) in [5, 5.41) is 5.04. The number of ether oxygens (including phenoxy) is 1. The Labute approximate surface area is 144 Å². The molecule has 0 saturated carbocycles. The fourth-order valence-corrected chi connectivity index (χ4v) is 3.30. The standard InChI is InChI=1S/C16H15Cl3N2O/c17-12-1-2-15(14(19)6-12)22-16(10-3-4-20-7-10)11-5-13(18)9-21-8-11/h1-2,5-6,8-10,16,20H,3-4,7H2/t10-,16?/m0/s1. The van der Waals surface area contributed by atoms with E-state index in [-0.39, 0.29) is 6.10 Å². The topological polar surface area (TPSA) is 34.1 Å². The summed E-state index contributed by atoms with van der Waals surface area (Å²) in [5.74, 6) is 0.954. The van der Waals surface area contributed by atoms with Gasteiger partial charge in [0.25, 0.3) is 0 Å². The number of rotatable bonds is 4. The molecule has 116 valence electrons. The molecule has 1 aromatic carbocycles. The summed E-state index contributed by atoms with van der Waals surface area (Å²) in [6.45, 7) is 1.87. The van der Waals surface area contributed by atoms with Crippen LogP contribution < -0.4 is 10.1 Å². The van der Waals surface area contributed by atoms with E-state index in [2.05, 4.69) is 10.3 Å². The highest BCUT2D eigenvalue weighted by Crippen LogP contribution is 2.36. The molecule has 1 unspecified atom stereocenters. The fourth-order valence-electron chi connectivity index (χ4n) is 2.66. The van der Waals surface area contributed by atoms with Gasteiger partial charge in [-0.2, -0.15) is 0 Å². The molecule has 1 aliphatic rings. The van der Waals surface area contributed by atoms with Gasteiger partial charge in [0.1, 0.15) is 11.9 Å². The monoisotopic (exact) mass is 356 g/mol.